The number of nitrogens with zero attached hydrogens (tertiary/aromatic N) is 1. The van der Waals surface area contributed by atoms with Crippen LogP contribution in [0.1, 0.15) is 46.0 Å². The predicted octanol–water partition coefficient (Wildman–Crippen LogP) is 1.56. The molecule has 1 heterocycles. The molecule has 0 aromatic carbocycles. The Morgan fingerprint density at radius 2 is 2.19 bits per heavy atom. The van der Waals surface area contributed by atoms with Crippen LogP contribution < -0.4 is 5.32 Å². The highest BCUT2D eigenvalue weighted by Gasteiger charge is 2.41. The van der Waals surface area contributed by atoms with Crippen LogP contribution in [0.4, 0.5) is 0 Å². The Kier molecular flexibility index (Phi) is 5.63. The number of methoxy groups -OCH3 is 1. The van der Waals surface area contributed by atoms with Gasteiger partial charge in [0.25, 0.3) is 0 Å². The molecule has 0 amide bonds. The molecule has 0 radical (unpaired) electrons. The second kappa shape index (κ2) is 7.07. The molecule has 3 unspecified atom stereocenters. The van der Waals surface area contributed by atoms with Crippen molar-refractivity contribution in [2.24, 2.45) is 0 Å². The van der Waals surface area contributed by atoms with Crippen LogP contribution in [0.25, 0.3) is 0 Å². The number of rotatable bonds is 8. The predicted molar refractivity (Wildman–Crippen MR) is 82.3 cm³/mol. The van der Waals surface area contributed by atoms with Gasteiger partial charge in [-0.05, 0) is 53.0 Å². The molecule has 0 aromatic rings. The molecular formula is C16H30N2O3. The summed E-state index contributed by atoms with van der Waals surface area (Å²) in [4.78, 5) is 14.5. The maximum atomic E-state index is 12.2. The van der Waals surface area contributed by atoms with Crippen molar-refractivity contribution in [1.29, 1.82) is 0 Å². The van der Waals surface area contributed by atoms with Crippen LogP contribution in [0, 0.1) is 0 Å². The minimum Gasteiger partial charge on any atom is -0.468 e. The molecule has 0 aromatic heterocycles. The molecule has 2 rings (SSSR count). The van der Waals surface area contributed by atoms with Crippen molar-refractivity contribution in [2.75, 3.05) is 27.3 Å². The van der Waals surface area contributed by atoms with Crippen molar-refractivity contribution < 1.29 is 14.3 Å². The molecule has 2 fully saturated rings. The molecule has 5 heteroatoms. The Morgan fingerprint density at radius 1 is 1.48 bits per heavy atom. The number of hydrogen-bond acceptors (Lipinski definition) is 5. The summed E-state index contributed by atoms with van der Waals surface area (Å²) in [6, 6.07) is 0.773. The number of nitrogens with one attached hydrogen (secondary N) is 1. The molecule has 122 valence electrons. The largest absolute Gasteiger partial charge is 0.468 e. The average molecular weight is 298 g/mol. The van der Waals surface area contributed by atoms with Gasteiger partial charge in [0.05, 0.1) is 13.2 Å². The van der Waals surface area contributed by atoms with E-state index in [0.29, 0.717) is 18.2 Å². The van der Waals surface area contributed by atoms with Crippen molar-refractivity contribution in [3.05, 3.63) is 0 Å². The van der Waals surface area contributed by atoms with Gasteiger partial charge in [-0.3, -0.25) is 10.1 Å². The number of ether oxygens (including phenoxy) is 2. The lowest BCUT2D eigenvalue weighted by atomic mass is 9.92. The summed E-state index contributed by atoms with van der Waals surface area (Å²) in [5.41, 5.74) is -0.597. The van der Waals surface area contributed by atoms with Crippen LogP contribution >= 0.6 is 0 Å². The molecule has 5 nitrogen and oxygen atoms in total. The van der Waals surface area contributed by atoms with Gasteiger partial charge < -0.3 is 14.4 Å². The summed E-state index contributed by atoms with van der Waals surface area (Å²) in [6.07, 6.45) is 5.72. The lowest BCUT2D eigenvalue weighted by Crippen LogP contribution is -2.54. The van der Waals surface area contributed by atoms with Crippen LogP contribution in [0.3, 0.4) is 0 Å². The van der Waals surface area contributed by atoms with Crippen LogP contribution in [0.2, 0.25) is 0 Å². The quantitative estimate of drug-likeness (QED) is 0.689. The smallest absolute Gasteiger partial charge is 0.325 e. The van der Waals surface area contributed by atoms with Gasteiger partial charge >= 0.3 is 5.97 Å². The lowest BCUT2D eigenvalue weighted by molar-refractivity contribution is -0.149. The van der Waals surface area contributed by atoms with Gasteiger partial charge in [-0.1, -0.05) is 0 Å². The molecule has 1 aliphatic carbocycles. The lowest BCUT2D eigenvalue weighted by Gasteiger charge is -2.35. The first-order valence-corrected chi connectivity index (χ1v) is 8.12. The SMILES string of the molecule is COC(=O)C(C)(CC(C)N(C)CC1CCCO1)NC1CC1. The van der Waals surface area contributed by atoms with Crippen LogP contribution in [0.15, 0.2) is 0 Å². The first-order chi connectivity index (χ1) is 9.94. The van der Waals surface area contributed by atoms with E-state index in [-0.39, 0.29) is 5.97 Å². The van der Waals surface area contributed by atoms with E-state index in [0.717, 1.165) is 45.3 Å². The molecule has 1 saturated carbocycles. The third-order valence-corrected chi connectivity index (χ3v) is 4.71. The summed E-state index contributed by atoms with van der Waals surface area (Å²) in [6.45, 7) is 5.95. The molecule has 1 N–H and O–H groups in total. The summed E-state index contributed by atoms with van der Waals surface area (Å²) < 4.78 is 10.7. The van der Waals surface area contributed by atoms with Crippen LogP contribution in [-0.4, -0.2) is 61.9 Å². The molecule has 1 aliphatic heterocycles. The van der Waals surface area contributed by atoms with Gasteiger partial charge in [-0.25, -0.2) is 0 Å². The second-order valence-corrected chi connectivity index (χ2v) is 6.87. The van der Waals surface area contributed by atoms with E-state index < -0.39 is 5.54 Å². The van der Waals surface area contributed by atoms with E-state index in [1.54, 1.807) is 0 Å². The van der Waals surface area contributed by atoms with Crippen LogP contribution in [0.5, 0.6) is 0 Å². The third-order valence-electron chi connectivity index (χ3n) is 4.71. The first-order valence-electron chi connectivity index (χ1n) is 8.12. The number of esters is 1. The average Bonchev–Trinajstić information content (AvgIpc) is 3.10. The van der Waals surface area contributed by atoms with Crippen LogP contribution in [-0.2, 0) is 14.3 Å². The third kappa shape index (κ3) is 4.66. The molecule has 1 saturated heterocycles. The van der Waals surface area contributed by atoms with Gasteiger partial charge in [0, 0.05) is 25.2 Å². The highest BCUT2D eigenvalue weighted by atomic mass is 16.5. The number of carbonyl (C=O) groups is 1. The van der Waals surface area contributed by atoms with Gasteiger partial charge in [-0.15, -0.1) is 0 Å². The fourth-order valence-corrected chi connectivity index (χ4v) is 3.14. The van der Waals surface area contributed by atoms with Gasteiger partial charge in [0.1, 0.15) is 5.54 Å². The van der Waals surface area contributed by atoms with Crippen molar-refractivity contribution in [1.82, 2.24) is 10.2 Å². The Balaban J connectivity index is 1.89. The minimum atomic E-state index is -0.597. The van der Waals surface area contributed by atoms with E-state index in [9.17, 15) is 4.79 Å². The monoisotopic (exact) mass is 298 g/mol. The number of likely N-dealkylation sites (N-methyl/N-ethyl adjacent to an activating group) is 1. The Hall–Kier alpha value is -0.650. The fourth-order valence-electron chi connectivity index (χ4n) is 3.14. The summed E-state index contributed by atoms with van der Waals surface area (Å²) in [7, 11) is 3.58. The van der Waals surface area contributed by atoms with E-state index in [1.165, 1.54) is 7.11 Å². The minimum absolute atomic E-state index is 0.160. The molecule has 0 spiro atoms. The van der Waals surface area contributed by atoms with Gasteiger partial charge in [-0.2, -0.15) is 0 Å². The maximum absolute atomic E-state index is 12.2. The Morgan fingerprint density at radius 3 is 2.71 bits per heavy atom. The van der Waals surface area contributed by atoms with E-state index >= 15 is 0 Å². The van der Waals surface area contributed by atoms with Crippen molar-refractivity contribution >= 4 is 5.97 Å². The molecule has 0 bridgehead atoms. The molecule has 2 aliphatic rings. The molecule has 21 heavy (non-hydrogen) atoms. The number of carbonyl (C=O) groups excluding carboxylic acids is 1. The summed E-state index contributed by atoms with van der Waals surface area (Å²) in [5.74, 6) is -0.160. The van der Waals surface area contributed by atoms with Crippen molar-refractivity contribution in [2.45, 2.75) is 69.7 Å². The standard InChI is InChI=1S/C16H30N2O3/c1-12(18(3)11-14-6-5-9-21-14)10-16(2,15(19)20-4)17-13-7-8-13/h12-14,17H,5-11H2,1-4H3. The first kappa shape index (κ1) is 16.7. The summed E-state index contributed by atoms with van der Waals surface area (Å²) in [5, 5.41) is 3.46. The van der Waals surface area contributed by atoms with E-state index in [4.69, 9.17) is 9.47 Å². The zero-order valence-electron chi connectivity index (χ0n) is 13.9. The summed E-state index contributed by atoms with van der Waals surface area (Å²) >= 11 is 0. The second-order valence-electron chi connectivity index (χ2n) is 6.87. The van der Waals surface area contributed by atoms with Gasteiger partial charge in [0.15, 0.2) is 0 Å². The maximum Gasteiger partial charge on any atom is 0.325 e. The normalized spacial score (nSPS) is 26.6. The van der Waals surface area contributed by atoms with Gasteiger partial charge in [0.2, 0.25) is 0 Å². The highest BCUT2D eigenvalue weighted by molar-refractivity contribution is 5.80. The van der Waals surface area contributed by atoms with E-state index in [2.05, 4.69) is 24.2 Å². The zero-order chi connectivity index (χ0) is 15.5. The highest BCUT2D eigenvalue weighted by Crippen LogP contribution is 2.27. The zero-order valence-corrected chi connectivity index (χ0v) is 13.9. The van der Waals surface area contributed by atoms with E-state index in [1.807, 2.05) is 6.92 Å². The Bertz CT molecular complexity index is 353. The fraction of sp³-hybridized carbons (Fsp3) is 0.938. The Labute approximate surface area is 128 Å². The van der Waals surface area contributed by atoms with Crippen molar-refractivity contribution in [3.8, 4) is 0 Å². The van der Waals surface area contributed by atoms with Crippen molar-refractivity contribution in [3.63, 3.8) is 0 Å². The number of hydrogen-bond donors (Lipinski definition) is 1. The molecular weight excluding hydrogens is 268 g/mol. The molecule has 3 atom stereocenters. The topological polar surface area (TPSA) is 50.8 Å².